The van der Waals surface area contributed by atoms with E-state index in [9.17, 15) is 5.11 Å². The van der Waals surface area contributed by atoms with Crippen molar-refractivity contribution >= 4 is 23.4 Å². The molecule has 0 bridgehead atoms. The van der Waals surface area contributed by atoms with E-state index in [0.717, 1.165) is 28.0 Å². The molecule has 1 nitrogen and oxygen atoms in total. The van der Waals surface area contributed by atoms with E-state index >= 15 is 0 Å². The van der Waals surface area contributed by atoms with Crippen LogP contribution in [-0.2, 0) is 0 Å². The summed E-state index contributed by atoms with van der Waals surface area (Å²) in [7, 11) is 0. The van der Waals surface area contributed by atoms with Crippen molar-refractivity contribution in [2.45, 2.75) is 30.3 Å². The van der Waals surface area contributed by atoms with E-state index in [1.165, 1.54) is 12.8 Å². The number of hydrogen-bond donors (Lipinski definition) is 1. The highest BCUT2D eigenvalue weighted by Gasteiger charge is 2.24. The fourth-order valence-corrected chi connectivity index (χ4v) is 2.72. The average Bonchev–Trinajstić information content (AvgIpc) is 2.99. The van der Waals surface area contributed by atoms with Crippen LogP contribution in [0.15, 0.2) is 29.2 Å². The van der Waals surface area contributed by atoms with Crippen LogP contribution in [0.5, 0.6) is 0 Å². The maximum atomic E-state index is 9.74. The molecule has 2 rings (SSSR count). The van der Waals surface area contributed by atoms with Gasteiger partial charge in [0.25, 0.3) is 0 Å². The van der Waals surface area contributed by atoms with Crippen LogP contribution in [0.1, 0.15) is 19.3 Å². The fraction of sp³-hybridized carbons (Fsp3) is 0.500. The zero-order valence-corrected chi connectivity index (χ0v) is 10.1. The Kier molecular flexibility index (Phi) is 3.95. The fourth-order valence-electron chi connectivity index (χ4n) is 1.56. The molecule has 1 aromatic rings. The summed E-state index contributed by atoms with van der Waals surface area (Å²) < 4.78 is 0. The number of rotatable bonds is 5. The summed E-state index contributed by atoms with van der Waals surface area (Å²) in [5, 5.41) is 10.5. The van der Waals surface area contributed by atoms with Crippen LogP contribution in [-0.4, -0.2) is 17.0 Å². The molecule has 1 aromatic carbocycles. The van der Waals surface area contributed by atoms with Gasteiger partial charge in [-0.15, -0.1) is 11.8 Å². The van der Waals surface area contributed by atoms with Gasteiger partial charge in [-0.05, 0) is 30.5 Å². The molecule has 0 heterocycles. The second kappa shape index (κ2) is 5.24. The number of hydrogen-bond acceptors (Lipinski definition) is 2. The zero-order chi connectivity index (χ0) is 10.7. The summed E-state index contributed by atoms with van der Waals surface area (Å²) in [5.41, 5.74) is 0. The first-order valence-corrected chi connectivity index (χ1v) is 6.67. The standard InChI is InChI=1S/C12H15ClOS/c13-10-2-1-3-12(7-10)15-8-11(14)6-9-4-5-9/h1-3,7,9,11,14H,4-6,8H2. The normalized spacial score (nSPS) is 17.7. The van der Waals surface area contributed by atoms with Crippen molar-refractivity contribution < 1.29 is 5.11 Å². The molecule has 1 aliphatic rings. The lowest BCUT2D eigenvalue weighted by Crippen LogP contribution is -2.10. The van der Waals surface area contributed by atoms with Gasteiger partial charge in [0.05, 0.1) is 6.10 Å². The molecule has 0 saturated heterocycles. The lowest BCUT2D eigenvalue weighted by atomic mass is 10.2. The van der Waals surface area contributed by atoms with Crippen molar-refractivity contribution in [1.82, 2.24) is 0 Å². The van der Waals surface area contributed by atoms with Crippen molar-refractivity contribution in [2.75, 3.05) is 5.75 Å². The SMILES string of the molecule is OC(CSc1cccc(Cl)c1)CC1CC1. The Morgan fingerprint density at radius 3 is 2.93 bits per heavy atom. The lowest BCUT2D eigenvalue weighted by molar-refractivity contribution is 0.182. The second-order valence-electron chi connectivity index (χ2n) is 4.10. The molecule has 1 atom stereocenters. The molecular weight excluding hydrogens is 228 g/mol. The lowest BCUT2D eigenvalue weighted by Gasteiger charge is -2.09. The van der Waals surface area contributed by atoms with Crippen molar-refractivity contribution in [3.05, 3.63) is 29.3 Å². The summed E-state index contributed by atoms with van der Waals surface area (Å²) in [6.45, 7) is 0. The van der Waals surface area contributed by atoms with E-state index in [1.54, 1.807) is 11.8 Å². The van der Waals surface area contributed by atoms with E-state index in [-0.39, 0.29) is 6.10 Å². The minimum atomic E-state index is -0.165. The highest BCUT2D eigenvalue weighted by Crippen LogP contribution is 2.34. The molecule has 15 heavy (non-hydrogen) atoms. The largest absolute Gasteiger partial charge is 0.392 e. The maximum Gasteiger partial charge on any atom is 0.0636 e. The Labute approximate surface area is 99.8 Å². The Morgan fingerprint density at radius 2 is 2.27 bits per heavy atom. The van der Waals surface area contributed by atoms with E-state index in [2.05, 4.69) is 0 Å². The van der Waals surface area contributed by atoms with Crippen LogP contribution in [0.4, 0.5) is 0 Å². The van der Waals surface area contributed by atoms with E-state index in [1.807, 2.05) is 24.3 Å². The van der Waals surface area contributed by atoms with Crippen LogP contribution in [0.2, 0.25) is 5.02 Å². The van der Waals surface area contributed by atoms with E-state index in [0.29, 0.717) is 0 Å². The molecule has 82 valence electrons. The van der Waals surface area contributed by atoms with Crippen LogP contribution >= 0.6 is 23.4 Å². The number of benzene rings is 1. The molecule has 1 saturated carbocycles. The number of halogens is 1. The van der Waals surface area contributed by atoms with Gasteiger partial charge in [-0.25, -0.2) is 0 Å². The molecule has 0 aromatic heterocycles. The first-order chi connectivity index (χ1) is 7.24. The summed E-state index contributed by atoms with van der Waals surface area (Å²) >= 11 is 7.56. The van der Waals surface area contributed by atoms with Gasteiger partial charge in [0, 0.05) is 15.7 Å². The third kappa shape index (κ3) is 4.06. The Bertz CT molecular complexity index is 325. The van der Waals surface area contributed by atoms with Gasteiger partial charge in [-0.2, -0.15) is 0 Å². The minimum Gasteiger partial charge on any atom is -0.392 e. The smallest absolute Gasteiger partial charge is 0.0636 e. The van der Waals surface area contributed by atoms with Crippen molar-refractivity contribution in [2.24, 2.45) is 5.92 Å². The van der Waals surface area contributed by atoms with Gasteiger partial charge in [-0.3, -0.25) is 0 Å². The highest BCUT2D eigenvalue weighted by molar-refractivity contribution is 7.99. The summed E-state index contributed by atoms with van der Waals surface area (Å²) in [5.74, 6) is 1.57. The quantitative estimate of drug-likeness (QED) is 0.797. The molecule has 1 aliphatic carbocycles. The molecule has 0 amide bonds. The number of thioether (sulfide) groups is 1. The molecule has 0 aliphatic heterocycles. The van der Waals surface area contributed by atoms with Gasteiger partial charge < -0.3 is 5.11 Å². The van der Waals surface area contributed by atoms with Gasteiger partial charge in [0.15, 0.2) is 0 Å². The summed E-state index contributed by atoms with van der Waals surface area (Å²) in [4.78, 5) is 1.14. The summed E-state index contributed by atoms with van der Waals surface area (Å²) in [6, 6.07) is 7.78. The highest BCUT2D eigenvalue weighted by atomic mass is 35.5. The Hall–Kier alpha value is -0.180. The second-order valence-corrected chi connectivity index (χ2v) is 5.63. The van der Waals surface area contributed by atoms with Gasteiger partial charge >= 0.3 is 0 Å². The first kappa shape index (κ1) is 11.3. The molecule has 1 fully saturated rings. The molecule has 3 heteroatoms. The van der Waals surface area contributed by atoms with Gasteiger partial charge in [0.1, 0.15) is 0 Å². The predicted octanol–water partition coefficient (Wildman–Crippen LogP) is 3.59. The predicted molar refractivity (Wildman–Crippen MR) is 65.5 cm³/mol. The third-order valence-electron chi connectivity index (χ3n) is 2.54. The van der Waals surface area contributed by atoms with Crippen LogP contribution in [0, 0.1) is 5.92 Å². The maximum absolute atomic E-state index is 9.74. The average molecular weight is 243 g/mol. The molecule has 0 radical (unpaired) electrons. The topological polar surface area (TPSA) is 20.2 Å². The first-order valence-electron chi connectivity index (χ1n) is 5.30. The minimum absolute atomic E-state index is 0.165. The van der Waals surface area contributed by atoms with Gasteiger partial charge in [-0.1, -0.05) is 30.5 Å². The van der Waals surface area contributed by atoms with E-state index in [4.69, 9.17) is 11.6 Å². The van der Waals surface area contributed by atoms with Crippen molar-refractivity contribution in [3.8, 4) is 0 Å². The monoisotopic (exact) mass is 242 g/mol. The molecule has 1 N–H and O–H groups in total. The van der Waals surface area contributed by atoms with Crippen LogP contribution in [0.3, 0.4) is 0 Å². The Balaban J connectivity index is 1.76. The van der Waals surface area contributed by atoms with Crippen LogP contribution in [0.25, 0.3) is 0 Å². The molecular formula is C12H15ClOS. The zero-order valence-electron chi connectivity index (χ0n) is 8.53. The molecule has 0 spiro atoms. The van der Waals surface area contributed by atoms with Crippen LogP contribution < -0.4 is 0 Å². The Morgan fingerprint density at radius 1 is 1.47 bits per heavy atom. The molecule has 1 unspecified atom stereocenters. The summed E-state index contributed by atoms with van der Waals surface area (Å²) in [6.07, 6.45) is 3.41. The van der Waals surface area contributed by atoms with Crippen molar-refractivity contribution in [1.29, 1.82) is 0 Å². The number of aliphatic hydroxyl groups excluding tert-OH is 1. The van der Waals surface area contributed by atoms with E-state index < -0.39 is 0 Å². The van der Waals surface area contributed by atoms with Crippen molar-refractivity contribution in [3.63, 3.8) is 0 Å². The number of aliphatic hydroxyl groups is 1. The van der Waals surface area contributed by atoms with Gasteiger partial charge in [0.2, 0.25) is 0 Å². The third-order valence-corrected chi connectivity index (χ3v) is 3.91.